The smallest absolute Gasteiger partial charge is 0.0481 e. The van der Waals surface area contributed by atoms with Crippen molar-refractivity contribution in [3.63, 3.8) is 0 Å². The van der Waals surface area contributed by atoms with Crippen LogP contribution in [0, 0.1) is 17.8 Å². The monoisotopic (exact) mass is 298 g/mol. The summed E-state index contributed by atoms with van der Waals surface area (Å²) in [6.07, 6.45) is 3.79. The number of piperidine rings is 1. The van der Waals surface area contributed by atoms with E-state index in [1.165, 1.54) is 43.6 Å². The minimum absolute atomic E-state index is 0.249. The molecule has 118 valence electrons. The van der Waals surface area contributed by atoms with Crippen molar-refractivity contribution in [2.24, 2.45) is 17.8 Å². The van der Waals surface area contributed by atoms with Crippen molar-refractivity contribution in [2.75, 3.05) is 25.0 Å². The van der Waals surface area contributed by atoms with E-state index in [2.05, 4.69) is 41.4 Å². The third-order valence-corrected chi connectivity index (χ3v) is 7.43. The molecule has 3 aliphatic heterocycles. The zero-order valence-electron chi connectivity index (χ0n) is 13.3. The fourth-order valence-electron chi connectivity index (χ4n) is 6.53. The van der Waals surface area contributed by atoms with Crippen LogP contribution in [-0.2, 0) is 5.41 Å². The maximum atomic E-state index is 10.2. The van der Waals surface area contributed by atoms with Gasteiger partial charge in [0.15, 0.2) is 0 Å². The van der Waals surface area contributed by atoms with Crippen LogP contribution >= 0.6 is 0 Å². The molecule has 1 saturated carbocycles. The number of anilines is 1. The highest BCUT2D eigenvalue weighted by Gasteiger charge is 2.65. The van der Waals surface area contributed by atoms with Gasteiger partial charge in [0.1, 0.15) is 0 Å². The fourth-order valence-corrected chi connectivity index (χ4v) is 6.53. The number of fused-ring (bicyclic) bond motifs is 2. The van der Waals surface area contributed by atoms with Gasteiger partial charge in [-0.1, -0.05) is 31.5 Å². The molecule has 1 aromatic rings. The molecule has 6 atom stereocenters. The average molecular weight is 298 g/mol. The quantitative estimate of drug-likeness (QED) is 0.880. The Morgan fingerprint density at radius 3 is 3.05 bits per heavy atom. The maximum absolute atomic E-state index is 10.2. The molecule has 1 aliphatic carbocycles. The Labute approximate surface area is 132 Å². The van der Waals surface area contributed by atoms with Crippen LogP contribution in [0.3, 0.4) is 0 Å². The van der Waals surface area contributed by atoms with Crippen molar-refractivity contribution in [1.29, 1.82) is 0 Å². The van der Waals surface area contributed by atoms with E-state index in [4.69, 9.17) is 0 Å². The Morgan fingerprint density at radius 1 is 1.36 bits per heavy atom. The Balaban J connectivity index is 1.68. The second-order valence-corrected chi connectivity index (χ2v) is 7.88. The van der Waals surface area contributed by atoms with Crippen LogP contribution in [-0.4, -0.2) is 41.8 Å². The van der Waals surface area contributed by atoms with Crippen molar-refractivity contribution >= 4 is 5.69 Å². The second-order valence-electron chi connectivity index (χ2n) is 7.88. The summed E-state index contributed by atoms with van der Waals surface area (Å²) in [7, 11) is 0. The van der Waals surface area contributed by atoms with Crippen LogP contribution in [0.1, 0.15) is 31.7 Å². The first-order valence-corrected chi connectivity index (χ1v) is 9.00. The zero-order valence-corrected chi connectivity index (χ0v) is 13.3. The molecule has 3 heterocycles. The molecular weight excluding hydrogens is 272 g/mol. The van der Waals surface area contributed by atoms with E-state index in [9.17, 15) is 5.11 Å². The third kappa shape index (κ3) is 1.40. The number of aliphatic hydroxyl groups excluding tert-OH is 1. The molecule has 0 amide bonds. The summed E-state index contributed by atoms with van der Waals surface area (Å²) in [5.74, 6) is 1.86. The molecule has 3 nitrogen and oxygen atoms in total. The van der Waals surface area contributed by atoms with Gasteiger partial charge >= 0.3 is 0 Å². The van der Waals surface area contributed by atoms with E-state index < -0.39 is 0 Å². The molecule has 1 aromatic carbocycles. The summed E-state index contributed by atoms with van der Waals surface area (Å²) >= 11 is 0. The second kappa shape index (κ2) is 4.48. The normalized spacial score (nSPS) is 45.3. The lowest BCUT2D eigenvalue weighted by Crippen LogP contribution is -2.64. The van der Waals surface area contributed by atoms with Crippen LogP contribution < -0.4 is 5.32 Å². The molecule has 0 aromatic heterocycles. The number of benzene rings is 1. The number of aliphatic hydroxyl groups is 1. The standard InChI is InChI=1S/C19H26N2O/c1-2-12-10-21-8-7-19-15-5-3-4-6-16(15)20-18(19)14(11-22)13(12)9-17(19)21/h3-6,12-14,17-18,20,22H,2,7-11H2,1H3/t12-,13+,14+,17+,18?,19-/m1/s1. The highest BCUT2D eigenvalue weighted by Crippen LogP contribution is 2.61. The summed E-state index contributed by atoms with van der Waals surface area (Å²) in [6, 6.07) is 10.0. The van der Waals surface area contributed by atoms with E-state index >= 15 is 0 Å². The van der Waals surface area contributed by atoms with E-state index in [1.54, 1.807) is 0 Å². The number of nitrogens with zero attached hydrogens (tertiary/aromatic N) is 1. The molecule has 1 unspecified atom stereocenters. The number of hydrogen-bond acceptors (Lipinski definition) is 3. The molecule has 3 fully saturated rings. The van der Waals surface area contributed by atoms with E-state index in [-0.39, 0.29) is 5.41 Å². The summed E-state index contributed by atoms with van der Waals surface area (Å²) in [4.78, 5) is 2.77. The van der Waals surface area contributed by atoms with Crippen molar-refractivity contribution in [2.45, 2.75) is 43.7 Å². The first-order chi connectivity index (χ1) is 10.8. The number of nitrogens with one attached hydrogen (secondary N) is 1. The topological polar surface area (TPSA) is 35.5 Å². The van der Waals surface area contributed by atoms with Gasteiger partial charge in [0, 0.05) is 42.3 Å². The summed E-state index contributed by atoms with van der Waals surface area (Å²) in [5, 5.41) is 14.1. The van der Waals surface area contributed by atoms with Gasteiger partial charge in [0.2, 0.25) is 0 Å². The molecule has 2 saturated heterocycles. The van der Waals surface area contributed by atoms with Gasteiger partial charge in [0.25, 0.3) is 0 Å². The Hall–Kier alpha value is -1.06. The van der Waals surface area contributed by atoms with Gasteiger partial charge in [-0.3, -0.25) is 4.90 Å². The van der Waals surface area contributed by atoms with Gasteiger partial charge in [0.05, 0.1) is 0 Å². The molecule has 4 aliphatic rings. The van der Waals surface area contributed by atoms with Gasteiger partial charge in [-0.2, -0.15) is 0 Å². The molecule has 3 heteroatoms. The zero-order chi connectivity index (χ0) is 14.9. The highest BCUT2D eigenvalue weighted by molar-refractivity contribution is 5.64. The minimum Gasteiger partial charge on any atom is -0.396 e. The average Bonchev–Trinajstić information content (AvgIpc) is 3.11. The van der Waals surface area contributed by atoms with Crippen molar-refractivity contribution in [1.82, 2.24) is 4.90 Å². The first-order valence-electron chi connectivity index (χ1n) is 9.00. The summed E-state index contributed by atoms with van der Waals surface area (Å²) < 4.78 is 0. The van der Waals surface area contributed by atoms with Crippen molar-refractivity contribution in [3.8, 4) is 0 Å². The van der Waals surface area contributed by atoms with Gasteiger partial charge in [-0.05, 0) is 42.9 Å². The lowest BCUT2D eigenvalue weighted by Gasteiger charge is -2.56. The SMILES string of the molecule is CC[C@@H]1CN2CC[C@]34c5ccccc5NC3[C@@H](CO)[C@H]1C[C@H]24. The summed E-state index contributed by atoms with van der Waals surface area (Å²) in [5.41, 5.74) is 3.10. The molecule has 2 bridgehead atoms. The van der Waals surface area contributed by atoms with Crippen LogP contribution in [0.5, 0.6) is 0 Å². The maximum Gasteiger partial charge on any atom is 0.0481 e. The van der Waals surface area contributed by atoms with E-state index in [0.717, 1.165) is 5.92 Å². The predicted molar refractivity (Wildman–Crippen MR) is 88.0 cm³/mol. The molecule has 5 rings (SSSR count). The van der Waals surface area contributed by atoms with Crippen LogP contribution in [0.25, 0.3) is 0 Å². The Kier molecular flexibility index (Phi) is 2.73. The van der Waals surface area contributed by atoms with Gasteiger partial charge in [-0.25, -0.2) is 0 Å². The fraction of sp³-hybridized carbons (Fsp3) is 0.684. The number of rotatable bonds is 2. The largest absolute Gasteiger partial charge is 0.396 e. The van der Waals surface area contributed by atoms with Crippen molar-refractivity contribution < 1.29 is 5.11 Å². The van der Waals surface area contributed by atoms with Crippen LogP contribution in [0.15, 0.2) is 24.3 Å². The first kappa shape index (κ1) is 13.4. The van der Waals surface area contributed by atoms with E-state index in [1.807, 2.05) is 0 Å². The van der Waals surface area contributed by atoms with Crippen LogP contribution in [0.2, 0.25) is 0 Å². The number of hydrogen-bond donors (Lipinski definition) is 2. The molecule has 2 N–H and O–H groups in total. The Morgan fingerprint density at radius 2 is 2.23 bits per heavy atom. The predicted octanol–water partition coefficient (Wildman–Crippen LogP) is 2.46. The Bertz CT molecular complexity index is 603. The van der Waals surface area contributed by atoms with E-state index in [0.29, 0.717) is 30.5 Å². The summed E-state index contributed by atoms with van der Waals surface area (Å²) in [6.45, 7) is 5.15. The molecular formula is C19H26N2O. The number of para-hydroxylation sites is 1. The lowest BCUT2D eigenvalue weighted by molar-refractivity contribution is -0.0363. The molecule has 22 heavy (non-hydrogen) atoms. The third-order valence-electron chi connectivity index (χ3n) is 7.43. The molecule has 1 spiro atoms. The minimum atomic E-state index is 0.249. The van der Waals surface area contributed by atoms with Crippen molar-refractivity contribution in [3.05, 3.63) is 29.8 Å². The van der Waals surface area contributed by atoms with Gasteiger partial charge < -0.3 is 10.4 Å². The highest BCUT2D eigenvalue weighted by atomic mass is 16.3. The van der Waals surface area contributed by atoms with Crippen LogP contribution in [0.4, 0.5) is 5.69 Å². The molecule has 0 radical (unpaired) electrons. The lowest BCUT2D eigenvalue weighted by atomic mass is 9.54. The van der Waals surface area contributed by atoms with Gasteiger partial charge in [-0.15, -0.1) is 0 Å².